The highest BCUT2D eigenvalue weighted by atomic mass is 127. The summed E-state index contributed by atoms with van der Waals surface area (Å²) in [7, 11) is 1.68. The third-order valence-corrected chi connectivity index (χ3v) is 4.71. The minimum absolute atomic E-state index is 0. The maximum absolute atomic E-state index is 6.13. The minimum atomic E-state index is 0. The number of guanidine groups is 1. The van der Waals surface area contributed by atoms with E-state index in [-0.39, 0.29) is 30.0 Å². The van der Waals surface area contributed by atoms with Gasteiger partial charge in [-0.25, -0.2) is 0 Å². The minimum Gasteiger partial charge on any atom is -0.497 e. The number of hydrogen-bond acceptors (Lipinski definition) is 4. The Morgan fingerprint density at radius 1 is 1.21 bits per heavy atom. The molecule has 2 aromatic rings. The standard InChI is InChI=1S/C21H28N4O2.HI/c1-16-4-3-5-18(14-16)24-21(22)23-15-20(25-10-12-27-13-11-25)17-6-8-19(26-2)9-7-17;/h3-9,14,20H,10-13,15H2,1-2H3,(H3,22,23,24);1H. The first kappa shape index (κ1) is 22.4. The lowest BCUT2D eigenvalue weighted by Gasteiger charge is -2.34. The molecule has 1 unspecified atom stereocenters. The maximum atomic E-state index is 6.13. The van der Waals surface area contributed by atoms with E-state index < -0.39 is 0 Å². The number of benzene rings is 2. The molecule has 3 N–H and O–H groups in total. The van der Waals surface area contributed by atoms with Gasteiger partial charge in [0.25, 0.3) is 0 Å². The van der Waals surface area contributed by atoms with Crippen molar-refractivity contribution in [1.29, 1.82) is 0 Å². The van der Waals surface area contributed by atoms with Crippen LogP contribution in [-0.4, -0.2) is 50.8 Å². The van der Waals surface area contributed by atoms with E-state index in [4.69, 9.17) is 15.2 Å². The first-order valence-electron chi connectivity index (χ1n) is 9.25. The quantitative estimate of drug-likeness (QED) is 0.365. The van der Waals surface area contributed by atoms with E-state index in [1.165, 1.54) is 11.1 Å². The highest BCUT2D eigenvalue weighted by molar-refractivity contribution is 14.0. The van der Waals surface area contributed by atoms with Crippen LogP contribution in [0.3, 0.4) is 0 Å². The Morgan fingerprint density at radius 2 is 1.93 bits per heavy atom. The zero-order chi connectivity index (χ0) is 19.1. The van der Waals surface area contributed by atoms with Gasteiger partial charge < -0.3 is 20.5 Å². The third-order valence-electron chi connectivity index (χ3n) is 4.71. The fourth-order valence-corrected chi connectivity index (χ4v) is 3.24. The molecule has 0 amide bonds. The van der Waals surface area contributed by atoms with Crippen molar-refractivity contribution >= 4 is 35.6 Å². The Morgan fingerprint density at radius 3 is 2.57 bits per heavy atom. The van der Waals surface area contributed by atoms with Crippen LogP contribution in [0.25, 0.3) is 0 Å². The van der Waals surface area contributed by atoms with E-state index in [9.17, 15) is 0 Å². The van der Waals surface area contributed by atoms with E-state index in [1.54, 1.807) is 7.11 Å². The molecule has 7 heteroatoms. The molecule has 2 aromatic carbocycles. The summed E-state index contributed by atoms with van der Waals surface area (Å²) in [5, 5.41) is 3.18. The molecule has 0 aliphatic carbocycles. The summed E-state index contributed by atoms with van der Waals surface area (Å²) in [6.07, 6.45) is 0. The average Bonchev–Trinajstić information content (AvgIpc) is 2.69. The van der Waals surface area contributed by atoms with Gasteiger partial charge in [0.2, 0.25) is 0 Å². The number of ether oxygens (including phenoxy) is 2. The normalized spacial score (nSPS) is 16.1. The fraction of sp³-hybridized carbons (Fsp3) is 0.381. The van der Waals surface area contributed by atoms with Crippen LogP contribution in [0, 0.1) is 6.92 Å². The molecule has 6 nitrogen and oxygen atoms in total. The monoisotopic (exact) mass is 496 g/mol. The molecule has 1 fully saturated rings. The lowest BCUT2D eigenvalue weighted by atomic mass is 10.0. The third kappa shape index (κ3) is 6.35. The number of nitrogens with zero attached hydrogens (tertiary/aromatic N) is 2. The number of hydrogen-bond donors (Lipinski definition) is 2. The number of nitrogens with one attached hydrogen (secondary N) is 1. The predicted octanol–water partition coefficient (Wildman–Crippen LogP) is 3.42. The summed E-state index contributed by atoms with van der Waals surface area (Å²) in [6, 6.07) is 16.4. The first-order valence-corrected chi connectivity index (χ1v) is 9.25. The van der Waals surface area contributed by atoms with E-state index in [0.29, 0.717) is 12.5 Å². The number of rotatable bonds is 6. The Labute approximate surface area is 184 Å². The first-order chi connectivity index (χ1) is 13.2. The Hall–Kier alpha value is -1.84. The molecule has 1 aliphatic rings. The summed E-state index contributed by atoms with van der Waals surface area (Å²) in [4.78, 5) is 7.01. The van der Waals surface area contributed by atoms with Gasteiger partial charge in [-0.3, -0.25) is 9.89 Å². The molecule has 152 valence electrons. The van der Waals surface area contributed by atoms with Gasteiger partial charge in [-0.15, -0.1) is 24.0 Å². The molecule has 0 radical (unpaired) electrons. The lowest BCUT2D eigenvalue weighted by Crippen LogP contribution is -2.40. The van der Waals surface area contributed by atoms with Gasteiger partial charge in [0.15, 0.2) is 5.96 Å². The van der Waals surface area contributed by atoms with Crippen molar-refractivity contribution < 1.29 is 9.47 Å². The fourth-order valence-electron chi connectivity index (χ4n) is 3.24. The van der Waals surface area contributed by atoms with Gasteiger partial charge in [-0.05, 0) is 42.3 Å². The van der Waals surface area contributed by atoms with Crippen molar-refractivity contribution in [3.05, 3.63) is 59.7 Å². The number of halogens is 1. The van der Waals surface area contributed by atoms with E-state index >= 15 is 0 Å². The Bertz CT molecular complexity index is 761. The predicted molar refractivity (Wildman–Crippen MR) is 125 cm³/mol. The zero-order valence-electron chi connectivity index (χ0n) is 16.4. The number of anilines is 1. The van der Waals surface area contributed by atoms with Crippen LogP contribution >= 0.6 is 24.0 Å². The molecule has 1 atom stereocenters. The maximum Gasteiger partial charge on any atom is 0.193 e. The Balaban J connectivity index is 0.00000280. The molecular weight excluding hydrogens is 467 g/mol. The van der Waals surface area contributed by atoms with Crippen LogP contribution in [0.2, 0.25) is 0 Å². The zero-order valence-corrected chi connectivity index (χ0v) is 18.8. The number of morpholine rings is 1. The lowest BCUT2D eigenvalue weighted by molar-refractivity contribution is 0.0180. The molecule has 1 saturated heterocycles. The highest BCUT2D eigenvalue weighted by Crippen LogP contribution is 2.24. The van der Waals surface area contributed by atoms with Crippen molar-refractivity contribution in [1.82, 2.24) is 4.90 Å². The SMILES string of the molecule is COc1ccc(C(CN=C(N)Nc2cccc(C)c2)N2CCOCC2)cc1.I. The van der Waals surface area contributed by atoms with Gasteiger partial charge in [-0.1, -0.05) is 24.3 Å². The van der Waals surface area contributed by atoms with Crippen molar-refractivity contribution in [2.24, 2.45) is 10.7 Å². The van der Waals surface area contributed by atoms with Gasteiger partial charge in [0.05, 0.1) is 32.9 Å². The summed E-state index contributed by atoms with van der Waals surface area (Å²) in [5.74, 6) is 1.27. The Kier molecular flexibility index (Phi) is 9.01. The van der Waals surface area contributed by atoms with Crippen LogP contribution in [-0.2, 0) is 4.74 Å². The molecule has 3 rings (SSSR count). The molecule has 1 aliphatic heterocycles. The largest absolute Gasteiger partial charge is 0.497 e. The molecule has 28 heavy (non-hydrogen) atoms. The molecule has 0 bridgehead atoms. The van der Waals surface area contributed by atoms with Gasteiger partial charge in [-0.2, -0.15) is 0 Å². The second-order valence-electron chi connectivity index (χ2n) is 6.66. The second-order valence-corrected chi connectivity index (χ2v) is 6.66. The topological polar surface area (TPSA) is 72.1 Å². The van der Waals surface area contributed by atoms with E-state index in [0.717, 1.165) is 37.7 Å². The highest BCUT2D eigenvalue weighted by Gasteiger charge is 2.22. The van der Waals surface area contributed by atoms with Gasteiger partial charge in [0.1, 0.15) is 5.75 Å². The molecule has 0 spiro atoms. The van der Waals surface area contributed by atoms with Crippen molar-refractivity contribution in [2.75, 3.05) is 45.3 Å². The summed E-state index contributed by atoms with van der Waals surface area (Å²) in [5.41, 5.74) is 9.46. The van der Waals surface area contributed by atoms with Crippen molar-refractivity contribution in [2.45, 2.75) is 13.0 Å². The van der Waals surface area contributed by atoms with Crippen LogP contribution in [0.4, 0.5) is 5.69 Å². The second kappa shape index (κ2) is 11.2. The van der Waals surface area contributed by atoms with Crippen molar-refractivity contribution in [3.63, 3.8) is 0 Å². The van der Waals surface area contributed by atoms with Crippen molar-refractivity contribution in [3.8, 4) is 5.75 Å². The summed E-state index contributed by atoms with van der Waals surface area (Å²) in [6.45, 7) is 5.89. The number of methoxy groups -OCH3 is 1. The van der Waals surface area contributed by atoms with Crippen LogP contribution < -0.4 is 15.8 Å². The smallest absolute Gasteiger partial charge is 0.193 e. The van der Waals surface area contributed by atoms with Crippen LogP contribution in [0.15, 0.2) is 53.5 Å². The van der Waals surface area contributed by atoms with Crippen LogP contribution in [0.5, 0.6) is 5.75 Å². The molecule has 0 aromatic heterocycles. The summed E-state index contributed by atoms with van der Waals surface area (Å²) < 4.78 is 10.8. The van der Waals surface area contributed by atoms with Gasteiger partial charge >= 0.3 is 0 Å². The number of nitrogens with two attached hydrogens (primary N) is 1. The molecule has 1 heterocycles. The number of aliphatic imine (C=N–C) groups is 1. The average molecular weight is 496 g/mol. The van der Waals surface area contributed by atoms with Crippen LogP contribution in [0.1, 0.15) is 17.2 Å². The molecule has 0 saturated carbocycles. The number of aryl methyl sites for hydroxylation is 1. The van der Waals surface area contributed by atoms with Gasteiger partial charge in [0, 0.05) is 18.8 Å². The summed E-state index contributed by atoms with van der Waals surface area (Å²) >= 11 is 0. The molecular formula is C21H29IN4O2. The van der Waals surface area contributed by atoms with E-state index in [1.807, 2.05) is 30.3 Å². The van der Waals surface area contributed by atoms with E-state index in [2.05, 4.69) is 40.3 Å².